The van der Waals surface area contributed by atoms with E-state index in [1.54, 1.807) is 24.1 Å². The predicted molar refractivity (Wildman–Crippen MR) is 134 cm³/mol. The number of benzene rings is 3. The first-order valence-corrected chi connectivity index (χ1v) is 11.9. The molecule has 5 rings (SSSR count). The van der Waals surface area contributed by atoms with Gasteiger partial charge in [0.25, 0.3) is 0 Å². The van der Waals surface area contributed by atoms with Crippen LogP contribution in [0, 0.1) is 0 Å². The van der Waals surface area contributed by atoms with Crippen molar-refractivity contribution in [1.82, 2.24) is 4.90 Å². The molecule has 0 aromatic heterocycles. The second-order valence-electron chi connectivity index (χ2n) is 7.90. The summed E-state index contributed by atoms with van der Waals surface area (Å²) >= 11 is 1.29. The van der Waals surface area contributed by atoms with Crippen molar-refractivity contribution in [3.8, 4) is 17.2 Å². The van der Waals surface area contributed by atoms with Gasteiger partial charge in [0.15, 0.2) is 16.7 Å². The summed E-state index contributed by atoms with van der Waals surface area (Å²) in [5.41, 5.74) is 2.17. The summed E-state index contributed by atoms with van der Waals surface area (Å²) in [6.45, 7) is 0.486. The average molecular weight is 490 g/mol. The number of hydrogen-bond acceptors (Lipinski definition) is 7. The van der Waals surface area contributed by atoms with Gasteiger partial charge in [-0.1, -0.05) is 48.2 Å². The Balaban J connectivity index is 1.36. The quantitative estimate of drug-likeness (QED) is 0.522. The van der Waals surface area contributed by atoms with E-state index < -0.39 is 5.25 Å². The maximum atomic E-state index is 13.4. The highest BCUT2D eigenvalue weighted by molar-refractivity contribution is 8.15. The van der Waals surface area contributed by atoms with Gasteiger partial charge in [-0.2, -0.15) is 0 Å². The van der Waals surface area contributed by atoms with Crippen LogP contribution in [0.3, 0.4) is 0 Å². The zero-order valence-electron chi connectivity index (χ0n) is 19.0. The normalized spacial score (nSPS) is 17.6. The van der Waals surface area contributed by atoms with Crippen LogP contribution < -0.4 is 19.5 Å². The van der Waals surface area contributed by atoms with Crippen LogP contribution in [0.25, 0.3) is 0 Å². The molecule has 0 aliphatic carbocycles. The molecule has 178 valence electrons. The highest BCUT2D eigenvalue weighted by atomic mass is 32.2. The zero-order valence-corrected chi connectivity index (χ0v) is 19.8. The number of fused-ring (bicyclic) bond motifs is 1. The molecule has 3 aromatic carbocycles. The summed E-state index contributed by atoms with van der Waals surface area (Å²) in [6, 6.07) is 22.2. The topological polar surface area (TPSA) is 89.5 Å². The summed E-state index contributed by atoms with van der Waals surface area (Å²) in [5.74, 6) is 1.44. The molecule has 2 heterocycles. The van der Waals surface area contributed by atoms with Gasteiger partial charge in [0.05, 0.1) is 25.0 Å². The highest BCUT2D eigenvalue weighted by Crippen LogP contribution is 2.36. The molecule has 9 heteroatoms. The van der Waals surface area contributed by atoms with Crippen LogP contribution >= 0.6 is 11.8 Å². The zero-order chi connectivity index (χ0) is 24.2. The lowest BCUT2D eigenvalue weighted by molar-refractivity contribution is -0.128. The lowest BCUT2D eigenvalue weighted by atomic mass is 10.1. The average Bonchev–Trinajstić information content (AvgIpc) is 3.45. The molecule has 2 aliphatic heterocycles. The van der Waals surface area contributed by atoms with E-state index in [-0.39, 0.29) is 25.0 Å². The Morgan fingerprint density at radius 2 is 1.86 bits per heavy atom. The number of carbonyl (C=O) groups excluding carboxylic acids is 2. The number of rotatable bonds is 7. The number of anilines is 1. The number of carbonyl (C=O) groups is 2. The second kappa shape index (κ2) is 10.1. The van der Waals surface area contributed by atoms with E-state index in [1.165, 1.54) is 11.8 Å². The number of nitrogens with one attached hydrogen (secondary N) is 1. The van der Waals surface area contributed by atoms with Crippen molar-refractivity contribution in [2.45, 2.75) is 18.2 Å². The molecule has 8 nitrogen and oxygen atoms in total. The van der Waals surface area contributed by atoms with Gasteiger partial charge in [-0.3, -0.25) is 14.5 Å². The van der Waals surface area contributed by atoms with Crippen molar-refractivity contribution in [3.05, 3.63) is 78.4 Å². The van der Waals surface area contributed by atoms with E-state index in [9.17, 15) is 9.59 Å². The first-order chi connectivity index (χ1) is 17.1. The van der Waals surface area contributed by atoms with Crippen LogP contribution in [0.2, 0.25) is 0 Å². The second-order valence-corrected chi connectivity index (χ2v) is 9.07. The number of methoxy groups -OCH3 is 1. The van der Waals surface area contributed by atoms with E-state index >= 15 is 0 Å². The van der Waals surface area contributed by atoms with Gasteiger partial charge < -0.3 is 19.5 Å². The van der Waals surface area contributed by atoms with E-state index in [1.807, 2.05) is 60.7 Å². The molecule has 1 N–H and O–H groups in total. The van der Waals surface area contributed by atoms with Crippen LogP contribution in [0.15, 0.2) is 77.8 Å². The molecule has 1 saturated heterocycles. The molecular formula is C26H23N3O5S. The Bertz CT molecular complexity index is 1280. The van der Waals surface area contributed by atoms with Gasteiger partial charge in [-0.15, -0.1) is 0 Å². The first kappa shape index (κ1) is 22.8. The van der Waals surface area contributed by atoms with Gasteiger partial charge in [0.2, 0.25) is 18.6 Å². The van der Waals surface area contributed by atoms with Crippen LogP contribution in [-0.2, 0) is 16.1 Å². The Hall–Kier alpha value is -3.98. The minimum atomic E-state index is -0.596. The van der Waals surface area contributed by atoms with Crippen molar-refractivity contribution < 1.29 is 23.8 Å². The summed E-state index contributed by atoms with van der Waals surface area (Å²) in [6.07, 6.45) is 0.00694. The maximum absolute atomic E-state index is 13.4. The number of thioether (sulfide) groups is 1. The Morgan fingerprint density at radius 1 is 1.09 bits per heavy atom. The van der Waals surface area contributed by atoms with E-state index in [0.29, 0.717) is 34.6 Å². The Morgan fingerprint density at radius 3 is 2.69 bits per heavy atom. The lowest BCUT2D eigenvalue weighted by Gasteiger charge is -2.17. The monoisotopic (exact) mass is 489 g/mol. The van der Waals surface area contributed by atoms with Crippen LogP contribution in [0.5, 0.6) is 17.2 Å². The van der Waals surface area contributed by atoms with Gasteiger partial charge in [0.1, 0.15) is 11.0 Å². The van der Waals surface area contributed by atoms with E-state index in [0.717, 1.165) is 11.3 Å². The molecule has 3 aromatic rings. The number of amidine groups is 1. The smallest absolute Gasteiger partial charge is 0.242 e. The molecule has 2 aliphatic rings. The van der Waals surface area contributed by atoms with E-state index in [4.69, 9.17) is 19.2 Å². The third kappa shape index (κ3) is 5.09. The number of aliphatic imine (C=N–C) groups is 1. The fourth-order valence-electron chi connectivity index (χ4n) is 3.82. The minimum Gasteiger partial charge on any atom is -0.495 e. The SMILES string of the molecule is COc1ccccc1NC(=O)C[C@@H]1SC(=Nc2ccccc2)N(Cc2ccc3c(c2)OCO3)C1=O. The number of hydrogen-bond donors (Lipinski definition) is 1. The number of ether oxygens (including phenoxy) is 3. The largest absolute Gasteiger partial charge is 0.495 e. The molecule has 0 saturated carbocycles. The van der Waals surface area contributed by atoms with Crippen molar-refractivity contribution in [2.75, 3.05) is 19.2 Å². The standard InChI is InChI=1S/C26H23N3O5S/c1-32-20-10-6-5-9-19(20)28-24(30)14-23-25(31)29(26(35-23)27-18-7-3-2-4-8-18)15-17-11-12-21-22(13-17)34-16-33-21/h2-13,23H,14-16H2,1H3,(H,28,30)/t23-/m0/s1. The predicted octanol–water partition coefficient (Wildman–Crippen LogP) is 4.58. The molecular weight excluding hydrogens is 466 g/mol. The van der Waals surface area contributed by atoms with Crippen LogP contribution in [0.4, 0.5) is 11.4 Å². The van der Waals surface area contributed by atoms with E-state index in [2.05, 4.69) is 5.32 Å². The van der Waals surface area contributed by atoms with Crippen molar-refractivity contribution in [3.63, 3.8) is 0 Å². The maximum Gasteiger partial charge on any atom is 0.242 e. The third-order valence-corrected chi connectivity index (χ3v) is 6.71. The molecule has 35 heavy (non-hydrogen) atoms. The molecule has 2 amide bonds. The highest BCUT2D eigenvalue weighted by Gasteiger charge is 2.39. The molecule has 1 fully saturated rings. The molecule has 1 atom stereocenters. The van der Waals surface area contributed by atoms with Gasteiger partial charge in [-0.25, -0.2) is 4.99 Å². The first-order valence-electron chi connectivity index (χ1n) is 11.0. The number of para-hydroxylation sites is 3. The number of nitrogens with zero attached hydrogens (tertiary/aromatic N) is 2. The lowest BCUT2D eigenvalue weighted by Crippen LogP contribution is -2.33. The Labute approximate surface area is 206 Å². The minimum absolute atomic E-state index is 0.00694. The summed E-state index contributed by atoms with van der Waals surface area (Å²) < 4.78 is 16.2. The third-order valence-electron chi connectivity index (χ3n) is 5.53. The van der Waals surface area contributed by atoms with Gasteiger partial charge >= 0.3 is 0 Å². The molecule has 0 bridgehead atoms. The van der Waals surface area contributed by atoms with Crippen LogP contribution in [0.1, 0.15) is 12.0 Å². The fraction of sp³-hybridized carbons (Fsp3) is 0.192. The summed E-state index contributed by atoms with van der Waals surface area (Å²) in [4.78, 5) is 32.6. The van der Waals surface area contributed by atoms with Crippen molar-refractivity contribution in [2.24, 2.45) is 4.99 Å². The van der Waals surface area contributed by atoms with Crippen molar-refractivity contribution >= 4 is 40.1 Å². The molecule has 0 spiro atoms. The van der Waals surface area contributed by atoms with Crippen LogP contribution in [-0.4, -0.2) is 41.0 Å². The Kier molecular flexibility index (Phi) is 6.58. The molecule has 0 unspecified atom stereocenters. The number of amides is 2. The van der Waals surface area contributed by atoms with Crippen molar-refractivity contribution in [1.29, 1.82) is 0 Å². The summed E-state index contributed by atoms with van der Waals surface area (Å²) in [5, 5.41) is 2.80. The summed E-state index contributed by atoms with van der Waals surface area (Å²) in [7, 11) is 1.54. The van der Waals surface area contributed by atoms with Gasteiger partial charge in [0, 0.05) is 6.42 Å². The fourth-order valence-corrected chi connectivity index (χ4v) is 4.98. The molecule has 0 radical (unpaired) electrons. The van der Waals surface area contributed by atoms with Gasteiger partial charge in [-0.05, 0) is 42.0 Å².